The standard InChI is InChI=1S/C13H18N4OS/c1-4-6-14-12-15-11(10-7-9(3)19-8-10)16-13(17-12)18-5-2/h7-8H,4-6H2,1-3H3,(H,14,15,16,17). The summed E-state index contributed by atoms with van der Waals surface area (Å²) >= 11 is 1.68. The molecule has 0 aromatic carbocycles. The highest BCUT2D eigenvalue weighted by Gasteiger charge is 2.10. The van der Waals surface area contributed by atoms with Gasteiger partial charge in [-0.25, -0.2) is 0 Å². The Bertz CT molecular complexity index is 541. The average Bonchev–Trinajstić information content (AvgIpc) is 2.83. The van der Waals surface area contributed by atoms with Gasteiger partial charge in [0.25, 0.3) is 0 Å². The van der Waals surface area contributed by atoms with E-state index < -0.39 is 0 Å². The van der Waals surface area contributed by atoms with Crippen LogP contribution < -0.4 is 10.1 Å². The smallest absolute Gasteiger partial charge is 0.321 e. The molecule has 0 radical (unpaired) electrons. The van der Waals surface area contributed by atoms with Crippen LogP contribution in [0.4, 0.5) is 5.95 Å². The SMILES string of the molecule is CCCNc1nc(OCC)nc(-c2csc(C)c2)n1. The number of nitrogens with one attached hydrogen (secondary N) is 1. The van der Waals surface area contributed by atoms with Gasteiger partial charge >= 0.3 is 6.01 Å². The zero-order valence-electron chi connectivity index (χ0n) is 11.4. The molecule has 2 aromatic heterocycles. The second kappa shape index (κ2) is 6.47. The lowest BCUT2D eigenvalue weighted by atomic mass is 10.3. The van der Waals surface area contributed by atoms with E-state index in [1.54, 1.807) is 11.3 Å². The highest BCUT2D eigenvalue weighted by atomic mass is 32.1. The highest BCUT2D eigenvalue weighted by molar-refractivity contribution is 7.10. The van der Waals surface area contributed by atoms with Gasteiger partial charge in [-0.05, 0) is 26.3 Å². The second-order valence-electron chi connectivity index (χ2n) is 4.07. The Morgan fingerprint density at radius 3 is 2.74 bits per heavy atom. The third kappa shape index (κ3) is 3.64. The Labute approximate surface area is 117 Å². The molecule has 0 bridgehead atoms. The predicted octanol–water partition coefficient (Wildman–Crippen LogP) is 3.13. The molecule has 0 fully saturated rings. The van der Waals surface area contributed by atoms with Crippen molar-refractivity contribution >= 4 is 17.3 Å². The summed E-state index contributed by atoms with van der Waals surface area (Å²) in [6.07, 6.45) is 1.02. The van der Waals surface area contributed by atoms with Gasteiger partial charge in [0.15, 0.2) is 5.82 Å². The summed E-state index contributed by atoms with van der Waals surface area (Å²) in [6, 6.07) is 2.44. The molecule has 19 heavy (non-hydrogen) atoms. The van der Waals surface area contributed by atoms with E-state index in [0.717, 1.165) is 18.5 Å². The van der Waals surface area contributed by atoms with E-state index in [9.17, 15) is 0 Å². The van der Waals surface area contributed by atoms with Crippen molar-refractivity contribution in [2.75, 3.05) is 18.5 Å². The van der Waals surface area contributed by atoms with Gasteiger partial charge in [0, 0.05) is 22.4 Å². The number of hydrogen-bond donors (Lipinski definition) is 1. The number of aromatic nitrogens is 3. The van der Waals surface area contributed by atoms with Crippen molar-refractivity contribution in [2.24, 2.45) is 0 Å². The molecule has 0 aliphatic carbocycles. The van der Waals surface area contributed by atoms with E-state index >= 15 is 0 Å². The number of aryl methyl sites for hydroxylation is 1. The molecule has 5 nitrogen and oxygen atoms in total. The molecule has 102 valence electrons. The van der Waals surface area contributed by atoms with Crippen molar-refractivity contribution in [2.45, 2.75) is 27.2 Å². The monoisotopic (exact) mass is 278 g/mol. The molecular formula is C13H18N4OS. The summed E-state index contributed by atoms with van der Waals surface area (Å²) in [5.74, 6) is 1.22. The minimum Gasteiger partial charge on any atom is -0.464 e. The normalized spacial score (nSPS) is 10.5. The summed E-state index contributed by atoms with van der Waals surface area (Å²) < 4.78 is 5.40. The Kier molecular flexibility index (Phi) is 4.68. The molecule has 0 aliphatic rings. The molecule has 6 heteroatoms. The van der Waals surface area contributed by atoms with Gasteiger partial charge < -0.3 is 10.1 Å². The first-order valence-electron chi connectivity index (χ1n) is 6.41. The maximum atomic E-state index is 5.40. The van der Waals surface area contributed by atoms with E-state index in [2.05, 4.69) is 40.2 Å². The van der Waals surface area contributed by atoms with Gasteiger partial charge in [-0.3, -0.25) is 0 Å². The van der Waals surface area contributed by atoms with Crippen LogP contribution in [0.5, 0.6) is 6.01 Å². The fraction of sp³-hybridized carbons (Fsp3) is 0.462. The van der Waals surface area contributed by atoms with Crippen LogP contribution >= 0.6 is 11.3 Å². The lowest BCUT2D eigenvalue weighted by Gasteiger charge is -2.07. The molecule has 0 unspecified atom stereocenters. The number of nitrogens with zero attached hydrogens (tertiary/aromatic N) is 3. The van der Waals surface area contributed by atoms with Gasteiger partial charge in [0.1, 0.15) is 0 Å². The first-order chi connectivity index (χ1) is 9.22. The van der Waals surface area contributed by atoms with Crippen LogP contribution in [0.2, 0.25) is 0 Å². The molecule has 0 aliphatic heterocycles. The topological polar surface area (TPSA) is 59.9 Å². The van der Waals surface area contributed by atoms with Crippen molar-refractivity contribution in [3.8, 4) is 17.4 Å². The van der Waals surface area contributed by atoms with Crippen LogP contribution in [-0.4, -0.2) is 28.1 Å². The van der Waals surface area contributed by atoms with E-state index in [-0.39, 0.29) is 0 Å². The molecule has 0 spiro atoms. The summed E-state index contributed by atoms with van der Waals surface area (Å²) in [7, 11) is 0. The minimum atomic E-state index is 0.370. The maximum absolute atomic E-state index is 5.40. The van der Waals surface area contributed by atoms with E-state index in [0.29, 0.717) is 24.4 Å². The Morgan fingerprint density at radius 2 is 2.11 bits per heavy atom. The van der Waals surface area contributed by atoms with Crippen molar-refractivity contribution in [3.05, 3.63) is 16.3 Å². The summed E-state index contributed by atoms with van der Waals surface area (Å²) in [6.45, 7) is 7.45. The van der Waals surface area contributed by atoms with Crippen LogP contribution in [-0.2, 0) is 0 Å². The molecule has 2 aromatic rings. The lowest BCUT2D eigenvalue weighted by Crippen LogP contribution is -2.08. The molecule has 2 heterocycles. The third-order valence-corrected chi connectivity index (χ3v) is 3.27. The van der Waals surface area contributed by atoms with Crippen LogP contribution in [0.1, 0.15) is 25.1 Å². The summed E-state index contributed by atoms with van der Waals surface area (Å²) in [5, 5.41) is 5.22. The van der Waals surface area contributed by atoms with E-state index in [1.165, 1.54) is 4.88 Å². The molecular weight excluding hydrogens is 260 g/mol. The van der Waals surface area contributed by atoms with Gasteiger partial charge in [-0.2, -0.15) is 15.0 Å². The van der Waals surface area contributed by atoms with Crippen LogP contribution in [0.25, 0.3) is 11.4 Å². The molecule has 0 atom stereocenters. The number of ether oxygens (including phenoxy) is 1. The first-order valence-corrected chi connectivity index (χ1v) is 7.29. The molecule has 0 amide bonds. The van der Waals surface area contributed by atoms with Crippen LogP contribution in [0, 0.1) is 6.92 Å². The fourth-order valence-electron chi connectivity index (χ4n) is 1.56. The molecule has 2 rings (SSSR count). The van der Waals surface area contributed by atoms with Crippen LogP contribution in [0.15, 0.2) is 11.4 Å². The van der Waals surface area contributed by atoms with Crippen molar-refractivity contribution in [1.29, 1.82) is 0 Å². The lowest BCUT2D eigenvalue weighted by molar-refractivity contribution is 0.312. The van der Waals surface area contributed by atoms with Crippen molar-refractivity contribution in [1.82, 2.24) is 15.0 Å². The van der Waals surface area contributed by atoms with E-state index in [4.69, 9.17) is 4.74 Å². The quantitative estimate of drug-likeness (QED) is 0.879. The largest absolute Gasteiger partial charge is 0.464 e. The van der Waals surface area contributed by atoms with Gasteiger partial charge in [0.05, 0.1) is 6.61 Å². The molecule has 0 saturated carbocycles. The Hall–Kier alpha value is -1.69. The van der Waals surface area contributed by atoms with Gasteiger partial charge in [-0.1, -0.05) is 6.92 Å². The number of hydrogen-bond acceptors (Lipinski definition) is 6. The average molecular weight is 278 g/mol. The van der Waals surface area contributed by atoms with Crippen molar-refractivity contribution < 1.29 is 4.74 Å². The highest BCUT2D eigenvalue weighted by Crippen LogP contribution is 2.24. The number of anilines is 1. The van der Waals surface area contributed by atoms with Crippen LogP contribution in [0.3, 0.4) is 0 Å². The Balaban J connectivity index is 2.33. The van der Waals surface area contributed by atoms with Gasteiger partial charge in [0.2, 0.25) is 5.95 Å². The Morgan fingerprint density at radius 1 is 1.26 bits per heavy atom. The van der Waals surface area contributed by atoms with E-state index in [1.807, 2.05) is 12.3 Å². The second-order valence-corrected chi connectivity index (χ2v) is 5.19. The minimum absolute atomic E-state index is 0.370. The molecule has 0 saturated heterocycles. The summed E-state index contributed by atoms with van der Waals surface area (Å²) in [5.41, 5.74) is 1.01. The first kappa shape index (κ1) is 13.7. The maximum Gasteiger partial charge on any atom is 0.321 e. The summed E-state index contributed by atoms with van der Waals surface area (Å²) in [4.78, 5) is 14.2. The van der Waals surface area contributed by atoms with Gasteiger partial charge in [-0.15, -0.1) is 11.3 Å². The number of rotatable bonds is 6. The number of thiophene rings is 1. The molecule has 1 N–H and O–H groups in total. The van der Waals surface area contributed by atoms with Crippen molar-refractivity contribution in [3.63, 3.8) is 0 Å². The fourth-order valence-corrected chi connectivity index (χ4v) is 2.24. The predicted molar refractivity (Wildman–Crippen MR) is 77.8 cm³/mol. The zero-order chi connectivity index (χ0) is 13.7. The third-order valence-electron chi connectivity index (χ3n) is 2.41. The zero-order valence-corrected chi connectivity index (χ0v) is 12.3.